The van der Waals surface area contributed by atoms with Gasteiger partial charge in [0, 0.05) is 5.92 Å². The molecule has 0 fully saturated rings. The van der Waals surface area contributed by atoms with E-state index in [0.717, 1.165) is 6.42 Å². The van der Waals surface area contributed by atoms with E-state index in [-0.39, 0.29) is 5.92 Å². The first-order valence-electron chi connectivity index (χ1n) is 3.24. The van der Waals surface area contributed by atoms with E-state index in [2.05, 4.69) is 0 Å². The van der Waals surface area contributed by atoms with Crippen molar-refractivity contribution >= 4 is 0 Å². The van der Waals surface area contributed by atoms with Gasteiger partial charge in [-0.05, 0) is 19.3 Å². The van der Waals surface area contributed by atoms with Gasteiger partial charge in [0.2, 0.25) is 6.43 Å². The van der Waals surface area contributed by atoms with Gasteiger partial charge in [-0.25, -0.2) is 8.78 Å². The highest BCUT2D eigenvalue weighted by Gasteiger charge is 2.19. The SMILES string of the molecule is FC(F)C1CC=CCC1. The number of hydrogen-bond acceptors (Lipinski definition) is 0. The number of rotatable bonds is 1. The van der Waals surface area contributed by atoms with Crippen LogP contribution in [0.2, 0.25) is 0 Å². The molecule has 0 nitrogen and oxygen atoms in total. The molecular weight excluding hydrogens is 122 g/mol. The van der Waals surface area contributed by atoms with Crippen LogP contribution < -0.4 is 0 Å². The minimum Gasteiger partial charge on any atom is -0.210 e. The molecule has 0 amide bonds. The first-order valence-corrected chi connectivity index (χ1v) is 3.24. The fraction of sp³-hybridized carbons (Fsp3) is 0.714. The van der Waals surface area contributed by atoms with Crippen LogP contribution in [0.25, 0.3) is 0 Å². The number of allylic oxidation sites excluding steroid dienone is 2. The highest BCUT2D eigenvalue weighted by molar-refractivity contribution is 4.90. The molecule has 1 unspecified atom stereocenters. The van der Waals surface area contributed by atoms with Gasteiger partial charge in [-0.3, -0.25) is 0 Å². The minimum absolute atomic E-state index is 0.366. The van der Waals surface area contributed by atoms with Crippen LogP contribution >= 0.6 is 0 Å². The second-order valence-electron chi connectivity index (χ2n) is 2.38. The van der Waals surface area contributed by atoms with E-state index in [4.69, 9.17) is 0 Å². The van der Waals surface area contributed by atoms with Gasteiger partial charge < -0.3 is 0 Å². The summed E-state index contributed by atoms with van der Waals surface area (Å²) < 4.78 is 23.8. The zero-order valence-corrected chi connectivity index (χ0v) is 5.19. The summed E-state index contributed by atoms with van der Waals surface area (Å²) in [4.78, 5) is 0. The van der Waals surface area contributed by atoms with E-state index >= 15 is 0 Å². The molecule has 0 heterocycles. The Bertz CT molecular complexity index is 107. The molecule has 0 saturated carbocycles. The van der Waals surface area contributed by atoms with Crippen molar-refractivity contribution in [2.75, 3.05) is 0 Å². The van der Waals surface area contributed by atoms with Crippen LogP contribution in [0.3, 0.4) is 0 Å². The zero-order valence-electron chi connectivity index (χ0n) is 5.19. The minimum atomic E-state index is -2.12. The largest absolute Gasteiger partial charge is 0.241 e. The lowest BCUT2D eigenvalue weighted by atomic mass is 9.95. The van der Waals surface area contributed by atoms with Gasteiger partial charge in [-0.15, -0.1) is 0 Å². The van der Waals surface area contributed by atoms with Crippen LogP contribution in [-0.2, 0) is 0 Å². The molecule has 52 valence electrons. The quantitative estimate of drug-likeness (QED) is 0.481. The molecular formula is C7H10F2. The Kier molecular flexibility index (Phi) is 2.20. The second kappa shape index (κ2) is 2.95. The first kappa shape index (κ1) is 6.72. The maximum Gasteiger partial charge on any atom is 0.241 e. The monoisotopic (exact) mass is 132 g/mol. The van der Waals surface area contributed by atoms with Crippen LogP contribution in [-0.4, -0.2) is 6.43 Å². The van der Waals surface area contributed by atoms with Crippen molar-refractivity contribution in [2.45, 2.75) is 25.7 Å². The molecule has 1 aliphatic rings. The molecule has 0 spiro atoms. The summed E-state index contributed by atoms with van der Waals surface area (Å²) in [6.07, 6.45) is 3.76. The highest BCUT2D eigenvalue weighted by Crippen LogP contribution is 2.23. The molecule has 0 aromatic rings. The summed E-state index contributed by atoms with van der Waals surface area (Å²) in [7, 11) is 0. The molecule has 0 aromatic heterocycles. The summed E-state index contributed by atoms with van der Waals surface area (Å²) >= 11 is 0. The van der Waals surface area contributed by atoms with Crippen LogP contribution in [0.4, 0.5) is 8.78 Å². The predicted octanol–water partition coefficient (Wildman–Crippen LogP) is 2.61. The lowest BCUT2D eigenvalue weighted by Gasteiger charge is -2.15. The Balaban J connectivity index is 2.35. The van der Waals surface area contributed by atoms with Gasteiger partial charge in [-0.2, -0.15) is 0 Å². The van der Waals surface area contributed by atoms with E-state index in [1.807, 2.05) is 12.2 Å². The van der Waals surface area contributed by atoms with Crippen LogP contribution in [0.1, 0.15) is 19.3 Å². The Morgan fingerprint density at radius 1 is 1.33 bits per heavy atom. The van der Waals surface area contributed by atoms with Crippen molar-refractivity contribution in [3.05, 3.63) is 12.2 Å². The van der Waals surface area contributed by atoms with Gasteiger partial charge in [0.1, 0.15) is 0 Å². The summed E-state index contributed by atoms with van der Waals surface area (Å²) in [6, 6.07) is 0. The standard InChI is InChI=1S/C7H10F2/c8-7(9)6-4-2-1-3-5-6/h1-2,6-7H,3-5H2. The van der Waals surface area contributed by atoms with E-state index in [9.17, 15) is 8.78 Å². The lowest BCUT2D eigenvalue weighted by Crippen LogP contribution is -2.11. The average Bonchev–Trinajstić information content (AvgIpc) is 1.90. The molecule has 1 atom stereocenters. The fourth-order valence-electron chi connectivity index (χ4n) is 1.05. The number of alkyl halides is 2. The third kappa shape index (κ3) is 1.77. The summed E-state index contributed by atoms with van der Waals surface area (Å²) in [5, 5.41) is 0. The van der Waals surface area contributed by atoms with Gasteiger partial charge in [0.15, 0.2) is 0 Å². The molecule has 9 heavy (non-hydrogen) atoms. The second-order valence-corrected chi connectivity index (χ2v) is 2.38. The van der Waals surface area contributed by atoms with Crippen LogP contribution in [0.5, 0.6) is 0 Å². The smallest absolute Gasteiger partial charge is 0.210 e. The molecule has 0 bridgehead atoms. The Labute approximate surface area is 53.6 Å². The van der Waals surface area contributed by atoms with Crippen LogP contribution in [0.15, 0.2) is 12.2 Å². The molecule has 0 saturated heterocycles. The van der Waals surface area contributed by atoms with Gasteiger partial charge in [-0.1, -0.05) is 12.2 Å². The maximum absolute atomic E-state index is 11.9. The van der Waals surface area contributed by atoms with E-state index in [1.54, 1.807) is 0 Å². The van der Waals surface area contributed by atoms with E-state index in [0.29, 0.717) is 12.8 Å². The van der Waals surface area contributed by atoms with Crippen LogP contribution in [0, 0.1) is 5.92 Å². The summed E-state index contributed by atoms with van der Waals surface area (Å²) in [6.45, 7) is 0. The van der Waals surface area contributed by atoms with Crippen molar-refractivity contribution in [3.8, 4) is 0 Å². The molecule has 1 rings (SSSR count). The third-order valence-corrected chi connectivity index (χ3v) is 1.67. The van der Waals surface area contributed by atoms with Crippen molar-refractivity contribution in [1.29, 1.82) is 0 Å². The third-order valence-electron chi connectivity index (χ3n) is 1.67. The van der Waals surface area contributed by atoms with Crippen molar-refractivity contribution in [2.24, 2.45) is 5.92 Å². The van der Waals surface area contributed by atoms with Gasteiger partial charge >= 0.3 is 0 Å². The maximum atomic E-state index is 11.9. The fourth-order valence-corrected chi connectivity index (χ4v) is 1.05. The van der Waals surface area contributed by atoms with Crippen molar-refractivity contribution in [1.82, 2.24) is 0 Å². The highest BCUT2D eigenvalue weighted by atomic mass is 19.3. The van der Waals surface area contributed by atoms with Crippen molar-refractivity contribution < 1.29 is 8.78 Å². The Hall–Kier alpha value is -0.400. The summed E-state index contributed by atoms with van der Waals surface area (Å²) in [5.41, 5.74) is 0. The van der Waals surface area contributed by atoms with Crippen molar-refractivity contribution in [3.63, 3.8) is 0 Å². The number of halogens is 2. The van der Waals surface area contributed by atoms with E-state index in [1.165, 1.54) is 0 Å². The average molecular weight is 132 g/mol. The van der Waals surface area contributed by atoms with Gasteiger partial charge in [0.05, 0.1) is 0 Å². The number of hydrogen-bond donors (Lipinski definition) is 0. The molecule has 0 radical (unpaired) electrons. The predicted molar refractivity (Wildman–Crippen MR) is 32.5 cm³/mol. The Morgan fingerprint density at radius 2 is 2.11 bits per heavy atom. The van der Waals surface area contributed by atoms with Gasteiger partial charge in [0.25, 0.3) is 0 Å². The van der Waals surface area contributed by atoms with E-state index < -0.39 is 6.43 Å². The molecule has 0 aliphatic heterocycles. The molecule has 1 aliphatic carbocycles. The molecule has 0 N–H and O–H groups in total. The normalized spacial score (nSPS) is 27.2. The topological polar surface area (TPSA) is 0 Å². The molecule has 2 heteroatoms. The lowest BCUT2D eigenvalue weighted by molar-refractivity contribution is 0.0722. The molecule has 0 aromatic carbocycles. The summed E-state index contributed by atoms with van der Waals surface area (Å²) in [5.74, 6) is -0.366. The zero-order chi connectivity index (χ0) is 6.69. The first-order chi connectivity index (χ1) is 4.30. The Morgan fingerprint density at radius 3 is 2.44 bits per heavy atom.